The second-order valence-electron chi connectivity index (χ2n) is 4.35. The fourth-order valence-electron chi connectivity index (χ4n) is 1.89. The Hall–Kier alpha value is -1.74. The van der Waals surface area contributed by atoms with Gasteiger partial charge in [-0.3, -0.25) is 0 Å². The third kappa shape index (κ3) is 2.34. The van der Waals surface area contributed by atoms with Crippen molar-refractivity contribution in [3.8, 4) is 11.3 Å². The molecule has 2 rings (SSSR count). The van der Waals surface area contributed by atoms with Crippen LogP contribution in [0.15, 0.2) is 24.5 Å². The molecule has 0 unspecified atom stereocenters. The van der Waals surface area contributed by atoms with Crippen LogP contribution in [0.1, 0.15) is 22.4 Å². The summed E-state index contributed by atoms with van der Waals surface area (Å²) < 4.78 is 0. The van der Waals surface area contributed by atoms with Gasteiger partial charge < -0.3 is 5.73 Å². The van der Waals surface area contributed by atoms with Crippen molar-refractivity contribution >= 4 is 0 Å². The van der Waals surface area contributed by atoms with Gasteiger partial charge in [-0.1, -0.05) is 6.07 Å². The van der Waals surface area contributed by atoms with E-state index in [1.54, 1.807) is 6.33 Å². The maximum Gasteiger partial charge on any atom is 0.116 e. The molecule has 0 spiro atoms. The summed E-state index contributed by atoms with van der Waals surface area (Å²) in [6.07, 6.45) is 1.58. The van der Waals surface area contributed by atoms with E-state index in [9.17, 15) is 0 Å². The first-order chi connectivity index (χ1) is 8.11. The van der Waals surface area contributed by atoms with Gasteiger partial charge in [0, 0.05) is 12.1 Å². The normalized spacial score (nSPS) is 10.6. The Labute approximate surface area is 102 Å². The first kappa shape index (κ1) is 11.7. The molecular formula is C14H17N3. The zero-order chi connectivity index (χ0) is 12.4. The smallest absolute Gasteiger partial charge is 0.116 e. The summed E-state index contributed by atoms with van der Waals surface area (Å²) in [6.45, 7) is 6.78. The van der Waals surface area contributed by atoms with Crippen LogP contribution in [0.3, 0.4) is 0 Å². The van der Waals surface area contributed by atoms with E-state index < -0.39 is 0 Å². The lowest BCUT2D eigenvalue weighted by Crippen LogP contribution is -2.01. The molecule has 2 aromatic rings. The van der Waals surface area contributed by atoms with Gasteiger partial charge in [0.15, 0.2) is 0 Å². The molecule has 0 amide bonds. The summed E-state index contributed by atoms with van der Waals surface area (Å²) in [5.41, 5.74) is 12.4. The van der Waals surface area contributed by atoms with E-state index in [-0.39, 0.29) is 0 Å². The van der Waals surface area contributed by atoms with Crippen LogP contribution in [0.5, 0.6) is 0 Å². The van der Waals surface area contributed by atoms with Crippen LogP contribution in [0.25, 0.3) is 11.3 Å². The lowest BCUT2D eigenvalue weighted by atomic mass is 9.98. The SMILES string of the molecule is Cc1cc(C)c(-c2cc(CN)ncn2)cc1C. The molecule has 0 aliphatic heterocycles. The summed E-state index contributed by atoms with van der Waals surface area (Å²) in [7, 11) is 0. The van der Waals surface area contributed by atoms with Crippen molar-refractivity contribution in [2.24, 2.45) is 5.73 Å². The van der Waals surface area contributed by atoms with Gasteiger partial charge in [0.25, 0.3) is 0 Å². The van der Waals surface area contributed by atoms with Gasteiger partial charge in [0.1, 0.15) is 6.33 Å². The van der Waals surface area contributed by atoms with E-state index in [0.717, 1.165) is 17.0 Å². The Morgan fingerprint density at radius 3 is 2.35 bits per heavy atom. The van der Waals surface area contributed by atoms with Crippen molar-refractivity contribution in [1.82, 2.24) is 9.97 Å². The predicted octanol–water partition coefficient (Wildman–Crippen LogP) is 2.53. The molecular weight excluding hydrogens is 210 g/mol. The van der Waals surface area contributed by atoms with Crippen LogP contribution in [0.4, 0.5) is 0 Å². The second kappa shape index (κ2) is 4.63. The van der Waals surface area contributed by atoms with Crippen molar-refractivity contribution in [2.75, 3.05) is 0 Å². The molecule has 0 bridgehead atoms. The lowest BCUT2D eigenvalue weighted by molar-refractivity contribution is 0.965. The van der Waals surface area contributed by atoms with Crippen LogP contribution >= 0.6 is 0 Å². The van der Waals surface area contributed by atoms with Gasteiger partial charge in [0.2, 0.25) is 0 Å². The average Bonchev–Trinajstić information content (AvgIpc) is 2.34. The van der Waals surface area contributed by atoms with Gasteiger partial charge in [0.05, 0.1) is 11.4 Å². The Morgan fingerprint density at radius 2 is 1.65 bits per heavy atom. The molecule has 0 radical (unpaired) electrons. The number of aromatic nitrogens is 2. The number of hydrogen-bond acceptors (Lipinski definition) is 3. The third-order valence-electron chi connectivity index (χ3n) is 3.05. The molecule has 1 heterocycles. The largest absolute Gasteiger partial charge is 0.325 e. The summed E-state index contributed by atoms with van der Waals surface area (Å²) >= 11 is 0. The number of hydrogen-bond donors (Lipinski definition) is 1. The molecule has 3 heteroatoms. The molecule has 2 N–H and O–H groups in total. The van der Waals surface area contributed by atoms with E-state index in [1.165, 1.54) is 16.7 Å². The fraction of sp³-hybridized carbons (Fsp3) is 0.286. The molecule has 0 aliphatic rings. The molecule has 1 aromatic heterocycles. The van der Waals surface area contributed by atoms with E-state index in [0.29, 0.717) is 6.54 Å². The zero-order valence-corrected chi connectivity index (χ0v) is 10.5. The number of nitrogens with zero attached hydrogens (tertiary/aromatic N) is 2. The van der Waals surface area contributed by atoms with Crippen molar-refractivity contribution in [3.05, 3.63) is 46.9 Å². The molecule has 3 nitrogen and oxygen atoms in total. The van der Waals surface area contributed by atoms with E-state index in [4.69, 9.17) is 5.73 Å². The Kier molecular flexibility index (Phi) is 3.20. The molecule has 17 heavy (non-hydrogen) atoms. The first-order valence-electron chi connectivity index (χ1n) is 5.71. The Balaban J connectivity index is 2.56. The first-order valence-corrected chi connectivity index (χ1v) is 5.71. The van der Waals surface area contributed by atoms with E-state index in [1.807, 2.05) is 6.07 Å². The maximum absolute atomic E-state index is 5.60. The highest BCUT2D eigenvalue weighted by atomic mass is 14.8. The number of benzene rings is 1. The highest BCUT2D eigenvalue weighted by Gasteiger charge is 2.06. The minimum atomic E-state index is 0.444. The topological polar surface area (TPSA) is 51.8 Å². The summed E-state index contributed by atoms with van der Waals surface area (Å²) in [5, 5.41) is 0. The third-order valence-corrected chi connectivity index (χ3v) is 3.05. The van der Waals surface area contributed by atoms with Crippen LogP contribution in [-0.2, 0) is 6.54 Å². The molecule has 0 aliphatic carbocycles. The highest BCUT2D eigenvalue weighted by Crippen LogP contribution is 2.24. The van der Waals surface area contributed by atoms with Crippen LogP contribution in [0.2, 0.25) is 0 Å². The van der Waals surface area contributed by atoms with Crippen LogP contribution < -0.4 is 5.73 Å². The summed E-state index contributed by atoms with van der Waals surface area (Å²) in [4.78, 5) is 8.44. The van der Waals surface area contributed by atoms with Gasteiger partial charge in [-0.05, 0) is 49.6 Å². The van der Waals surface area contributed by atoms with Gasteiger partial charge in [-0.15, -0.1) is 0 Å². The van der Waals surface area contributed by atoms with Crippen LogP contribution in [0, 0.1) is 20.8 Å². The quantitative estimate of drug-likeness (QED) is 0.857. The fourth-order valence-corrected chi connectivity index (χ4v) is 1.89. The summed E-state index contributed by atoms with van der Waals surface area (Å²) in [6, 6.07) is 6.32. The second-order valence-corrected chi connectivity index (χ2v) is 4.35. The molecule has 1 aromatic carbocycles. The standard InChI is InChI=1S/C14H17N3/c1-9-4-11(3)13(5-10(9)2)14-6-12(7-15)16-8-17-14/h4-6,8H,7,15H2,1-3H3. The van der Waals surface area contributed by atoms with Crippen molar-refractivity contribution in [3.63, 3.8) is 0 Å². The Bertz CT molecular complexity index is 547. The van der Waals surface area contributed by atoms with Crippen LogP contribution in [-0.4, -0.2) is 9.97 Å². The zero-order valence-electron chi connectivity index (χ0n) is 10.5. The average molecular weight is 227 g/mol. The van der Waals surface area contributed by atoms with Gasteiger partial charge in [-0.25, -0.2) is 9.97 Å². The molecule has 0 saturated carbocycles. The lowest BCUT2D eigenvalue weighted by Gasteiger charge is -2.09. The molecule has 88 valence electrons. The molecule has 0 fully saturated rings. The van der Waals surface area contributed by atoms with E-state index >= 15 is 0 Å². The molecule has 0 saturated heterocycles. The molecule has 0 atom stereocenters. The Morgan fingerprint density at radius 1 is 0.941 bits per heavy atom. The number of nitrogens with two attached hydrogens (primary N) is 1. The van der Waals surface area contributed by atoms with Crippen molar-refractivity contribution < 1.29 is 0 Å². The predicted molar refractivity (Wildman–Crippen MR) is 69.6 cm³/mol. The van der Waals surface area contributed by atoms with Crippen molar-refractivity contribution in [2.45, 2.75) is 27.3 Å². The van der Waals surface area contributed by atoms with Gasteiger partial charge in [-0.2, -0.15) is 0 Å². The van der Waals surface area contributed by atoms with Crippen molar-refractivity contribution in [1.29, 1.82) is 0 Å². The van der Waals surface area contributed by atoms with E-state index in [2.05, 4.69) is 42.9 Å². The maximum atomic E-state index is 5.60. The minimum absolute atomic E-state index is 0.444. The minimum Gasteiger partial charge on any atom is -0.325 e. The van der Waals surface area contributed by atoms with Gasteiger partial charge >= 0.3 is 0 Å². The number of rotatable bonds is 2. The highest BCUT2D eigenvalue weighted by molar-refractivity contribution is 5.65. The monoisotopic (exact) mass is 227 g/mol. The number of aryl methyl sites for hydroxylation is 3. The summed E-state index contributed by atoms with van der Waals surface area (Å²) in [5.74, 6) is 0.